The number of likely N-dealkylation sites (N-methyl/N-ethyl adjacent to an activating group) is 1. The number of rotatable bonds is 6. The van der Waals surface area contributed by atoms with E-state index in [-0.39, 0.29) is 11.9 Å². The summed E-state index contributed by atoms with van der Waals surface area (Å²) in [5.74, 6) is -0.295. The van der Waals surface area contributed by atoms with Gasteiger partial charge < -0.3 is 19.5 Å². The van der Waals surface area contributed by atoms with Gasteiger partial charge in [-0.3, -0.25) is 4.90 Å². The van der Waals surface area contributed by atoms with E-state index in [1.54, 1.807) is 0 Å². The van der Waals surface area contributed by atoms with Crippen LogP contribution in [-0.4, -0.2) is 74.3 Å². The number of hydrogen-bond acceptors (Lipinski definition) is 5. The Hall–Kier alpha value is -1.35. The van der Waals surface area contributed by atoms with Gasteiger partial charge in [-0.25, -0.2) is 0 Å². The zero-order chi connectivity index (χ0) is 17.7. The number of nitrogens with zero attached hydrogens (tertiary/aromatic N) is 2. The maximum Gasteiger partial charge on any atom is 0.573 e. The monoisotopic (exact) mass is 348 g/mol. The van der Waals surface area contributed by atoms with Crippen molar-refractivity contribution in [3.63, 3.8) is 0 Å². The number of alkyl halides is 3. The maximum absolute atomic E-state index is 12.1. The molecule has 1 aliphatic heterocycles. The zero-order valence-corrected chi connectivity index (χ0v) is 13.8. The molecule has 1 heterocycles. The average molecular weight is 348 g/mol. The van der Waals surface area contributed by atoms with Crippen LogP contribution in [0.1, 0.15) is 11.7 Å². The summed E-state index contributed by atoms with van der Waals surface area (Å²) in [5, 5.41) is 10.3. The van der Waals surface area contributed by atoms with Crippen LogP contribution >= 0.6 is 0 Å². The minimum absolute atomic E-state index is 0.0866. The van der Waals surface area contributed by atoms with E-state index in [1.807, 2.05) is 19.0 Å². The third-order valence-electron chi connectivity index (χ3n) is 3.72. The molecule has 1 saturated heterocycles. The van der Waals surface area contributed by atoms with E-state index in [2.05, 4.69) is 9.64 Å². The minimum atomic E-state index is -4.71. The third-order valence-corrected chi connectivity index (χ3v) is 3.72. The van der Waals surface area contributed by atoms with Crippen molar-refractivity contribution < 1.29 is 27.8 Å². The van der Waals surface area contributed by atoms with Gasteiger partial charge in [0.1, 0.15) is 5.75 Å². The number of benzene rings is 1. The quantitative estimate of drug-likeness (QED) is 0.851. The van der Waals surface area contributed by atoms with Crippen LogP contribution in [0.3, 0.4) is 0 Å². The van der Waals surface area contributed by atoms with E-state index in [0.717, 1.165) is 13.1 Å². The van der Waals surface area contributed by atoms with Crippen molar-refractivity contribution in [2.45, 2.75) is 18.6 Å². The molecule has 0 aromatic heterocycles. The Morgan fingerprint density at radius 1 is 1.33 bits per heavy atom. The molecule has 8 heteroatoms. The van der Waals surface area contributed by atoms with Crippen LogP contribution in [0.15, 0.2) is 24.3 Å². The lowest BCUT2D eigenvalue weighted by molar-refractivity contribution is -0.274. The molecule has 0 unspecified atom stereocenters. The molecule has 0 saturated carbocycles. The Morgan fingerprint density at radius 2 is 2.00 bits per heavy atom. The Labute approximate surface area is 139 Å². The molecule has 1 aromatic carbocycles. The van der Waals surface area contributed by atoms with Crippen molar-refractivity contribution in [2.24, 2.45) is 0 Å². The van der Waals surface area contributed by atoms with E-state index in [0.29, 0.717) is 25.3 Å². The second-order valence-corrected chi connectivity index (χ2v) is 6.15. The van der Waals surface area contributed by atoms with E-state index < -0.39 is 12.5 Å². The third kappa shape index (κ3) is 6.27. The summed E-state index contributed by atoms with van der Waals surface area (Å²) < 4.78 is 45.9. The van der Waals surface area contributed by atoms with Gasteiger partial charge in [0.15, 0.2) is 0 Å². The van der Waals surface area contributed by atoms with Gasteiger partial charge in [-0.15, -0.1) is 13.2 Å². The highest BCUT2D eigenvalue weighted by Gasteiger charge is 2.31. The Balaban J connectivity index is 1.88. The summed E-state index contributed by atoms with van der Waals surface area (Å²) in [7, 11) is 3.95. The molecular formula is C16H23F3N2O3. The summed E-state index contributed by atoms with van der Waals surface area (Å²) in [6.07, 6.45) is -5.40. The van der Waals surface area contributed by atoms with Crippen molar-refractivity contribution in [3.05, 3.63) is 29.8 Å². The van der Waals surface area contributed by atoms with E-state index in [9.17, 15) is 18.3 Å². The minimum Gasteiger partial charge on any atom is -0.406 e. The van der Waals surface area contributed by atoms with Crippen LogP contribution in [0.4, 0.5) is 13.2 Å². The standard InChI is InChI=1S/C16H23F3N2O3/c1-20(2)9-14-10-21(7-8-23-14)11-15(22)12-3-5-13(6-4-12)24-16(17,18)19/h3-6,14-15,22H,7-11H2,1-2H3/t14-,15-/m0/s1. The lowest BCUT2D eigenvalue weighted by Gasteiger charge is -2.35. The predicted molar refractivity (Wildman–Crippen MR) is 82.8 cm³/mol. The van der Waals surface area contributed by atoms with Crippen molar-refractivity contribution >= 4 is 0 Å². The highest BCUT2D eigenvalue weighted by atomic mass is 19.4. The van der Waals surface area contributed by atoms with Crippen molar-refractivity contribution in [1.29, 1.82) is 0 Å². The Kier molecular flexibility index (Phi) is 6.45. The number of hydrogen-bond donors (Lipinski definition) is 1. The number of halogens is 3. The van der Waals surface area contributed by atoms with Gasteiger partial charge >= 0.3 is 6.36 Å². The largest absolute Gasteiger partial charge is 0.573 e. The number of ether oxygens (including phenoxy) is 2. The van der Waals surface area contributed by atoms with Gasteiger partial charge in [-0.2, -0.15) is 0 Å². The summed E-state index contributed by atoms with van der Waals surface area (Å²) in [4.78, 5) is 4.15. The predicted octanol–water partition coefficient (Wildman–Crippen LogP) is 1.88. The van der Waals surface area contributed by atoms with Gasteiger partial charge in [-0.1, -0.05) is 12.1 Å². The first-order chi connectivity index (χ1) is 11.2. The van der Waals surface area contributed by atoms with Gasteiger partial charge in [0.25, 0.3) is 0 Å². The highest BCUT2D eigenvalue weighted by Crippen LogP contribution is 2.25. The maximum atomic E-state index is 12.1. The highest BCUT2D eigenvalue weighted by molar-refractivity contribution is 5.28. The molecule has 0 radical (unpaired) electrons. The first-order valence-corrected chi connectivity index (χ1v) is 7.75. The lowest BCUT2D eigenvalue weighted by atomic mass is 10.1. The molecule has 2 rings (SSSR count). The molecule has 1 fully saturated rings. The van der Waals surface area contributed by atoms with Crippen LogP contribution in [0, 0.1) is 0 Å². The van der Waals surface area contributed by atoms with E-state index in [1.165, 1.54) is 24.3 Å². The van der Waals surface area contributed by atoms with Crippen molar-refractivity contribution in [3.8, 4) is 5.75 Å². The van der Waals surface area contributed by atoms with Crippen LogP contribution in [0.25, 0.3) is 0 Å². The first-order valence-electron chi connectivity index (χ1n) is 7.75. The van der Waals surface area contributed by atoms with Gasteiger partial charge in [-0.05, 0) is 31.8 Å². The lowest BCUT2D eigenvalue weighted by Crippen LogP contribution is -2.47. The summed E-state index contributed by atoms with van der Waals surface area (Å²) in [6.45, 7) is 3.24. The first kappa shape index (κ1) is 19.0. The molecule has 1 aromatic rings. The van der Waals surface area contributed by atoms with Crippen molar-refractivity contribution in [1.82, 2.24) is 9.80 Å². The number of aliphatic hydroxyl groups excluding tert-OH is 1. The normalized spacial score (nSPS) is 21.0. The SMILES string of the molecule is CN(C)C[C@H]1CN(C[C@H](O)c2ccc(OC(F)(F)F)cc2)CCO1. The summed E-state index contributed by atoms with van der Waals surface area (Å²) in [5.41, 5.74) is 0.556. The molecule has 24 heavy (non-hydrogen) atoms. The molecule has 0 amide bonds. The van der Waals surface area contributed by atoms with Gasteiger partial charge in [0.05, 0.1) is 18.8 Å². The number of β-amino-alcohol motifs (C(OH)–C–C–N with tert-alkyl or cyclic N) is 1. The van der Waals surface area contributed by atoms with E-state index >= 15 is 0 Å². The Morgan fingerprint density at radius 3 is 2.58 bits per heavy atom. The molecule has 0 bridgehead atoms. The van der Waals surface area contributed by atoms with Crippen LogP contribution in [0.5, 0.6) is 5.75 Å². The van der Waals surface area contributed by atoms with Gasteiger partial charge in [0, 0.05) is 26.2 Å². The second kappa shape index (κ2) is 8.15. The van der Waals surface area contributed by atoms with Crippen LogP contribution in [0.2, 0.25) is 0 Å². The zero-order valence-electron chi connectivity index (χ0n) is 13.8. The average Bonchev–Trinajstić information content (AvgIpc) is 2.46. The Bertz CT molecular complexity index is 508. The summed E-state index contributed by atoms with van der Waals surface area (Å²) >= 11 is 0. The molecule has 2 atom stereocenters. The fraction of sp³-hybridized carbons (Fsp3) is 0.625. The molecule has 1 aliphatic rings. The van der Waals surface area contributed by atoms with Crippen molar-refractivity contribution in [2.75, 3.05) is 46.9 Å². The topological polar surface area (TPSA) is 45.2 Å². The van der Waals surface area contributed by atoms with Crippen LogP contribution < -0.4 is 4.74 Å². The smallest absolute Gasteiger partial charge is 0.406 e. The van der Waals surface area contributed by atoms with Gasteiger partial charge in [0.2, 0.25) is 0 Å². The molecule has 0 aliphatic carbocycles. The molecule has 5 nitrogen and oxygen atoms in total. The molecule has 1 N–H and O–H groups in total. The number of morpholine rings is 1. The number of aliphatic hydroxyl groups is 1. The van der Waals surface area contributed by atoms with E-state index in [4.69, 9.17) is 4.74 Å². The summed E-state index contributed by atoms with van der Waals surface area (Å²) in [6, 6.07) is 5.31. The molecular weight excluding hydrogens is 325 g/mol. The molecule has 136 valence electrons. The fourth-order valence-electron chi connectivity index (χ4n) is 2.71. The fourth-order valence-corrected chi connectivity index (χ4v) is 2.71. The molecule has 0 spiro atoms. The second-order valence-electron chi connectivity index (χ2n) is 6.15. The van der Waals surface area contributed by atoms with Crippen LogP contribution in [-0.2, 0) is 4.74 Å².